The Kier molecular flexibility index (Phi) is 12.6. The summed E-state index contributed by atoms with van der Waals surface area (Å²) in [5.41, 5.74) is 10.4. The van der Waals surface area contributed by atoms with E-state index in [2.05, 4.69) is 191 Å². The lowest BCUT2D eigenvalue weighted by atomic mass is 9.84. The molecule has 1 aliphatic heterocycles. The number of carbonyl (C=O) groups is 1. The minimum Gasteiger partial charge on any atom is -0.338 e. The van der Waals surface area contributed by atoms with Gasteiger partial charge in [0.1, 0.15) is 16.8 Å². The van der Waals surface area contributed by atoms with Gasteiger partial charge in [-0.2, -0.15) is 0 Å². The van der Waals surface area contributed by atoms with Crippen molar-refractivity contribution in [2.45, 2.75) is 147 Å². The SMILES string of the molecule is C[S+](Cc1cc(C(c2ccc(N3c4ccc(C=O)cc4C4CCCC43)cc2)c2ccc(N(OS(C)(C)C(C)(C)C)C(C)(C)C)cc2)ccc1N(O)C(C)(C)C)C(C)(C)C. The van der Waals surface area contributed by atoms with Crippen LogP contribution in [-0.4, -0.2) is 56.9 Å². The first-order valence-corrected chi connectivity index (χ1v) is 25.5. The lowest BCUT2D eigenvalue weighted by Gasteiger charge is -2.49. The maximum atomic E-state index is 11.7. The van der Waals surface area contributed by atoms with Crippen LogP contribution in [0, 0.1) is 0 Å². The van der Waals surface area contributed by atoms with Gasteiger partial charge < -0.3 is 4.90 Å². The lowest BCUT2D eigenvalue weighted by Crippen LogP contribution is -2.44. The van der Waals surface area contributed by atoms with Crippen LogP contribution in [0.25, 0.3) is 0 Å². The molecule has 0 bridgehead atoms. The highest BCUT2D eigenvalue weighted by atomic mass is 32.3. The van der Waals surface area contributed by atoms with E-state index in [1.54, 1.807) is 0 Å². The molecule has 320 valence electrons. The van der Waals surface area contributed by atoms with E-state index in [-0.39, 0.29) is 31.8 Å². The van der Waals surface area contributed by atoms with E-state index >= 15 is 0 Å². The second kappa shape index (κ2) is 16.4. The topological polar surface area (TPSA) is 56.2 Å². The van der Waals surface area contributed by atoms with E-state index in [1.165, 1.54) is 45.1 Å². The van der Waals surface area contributed by atoms with Crippen LogP contribution in [0.15, 0.2) is 84.9 Å². The number of hydroxylamine groups is 2. The van der Waals surface area contributed by atoms with Crippen molar-refractivity contribution in [1.29, 1.82) is 0 Å². The predicted octanol–water partition coefficient (Wildman–Crippen LogP) is 13.3. The van der Waals surface area contributed by atoms with Crippen LogP contribution in [0.4, 0.5) is 22.7 Å². The molecule has 0 saturated heterocycles. The first-order chi connectivity index (χ1) is 27.3. The molecule has 0 aromatic heterocycles. The van der Waals surface area contributed by atoms with Crippen molar-refractivity contribution in [3.8, 4) is 0 Å². The summed E-state index contributed by atoms with van der Waals surface area (Å²) in [6.45, 7) is 26.5. The Bertz CT molecular complexity index is 2100. The zero-order valence-corrected chi connectivity index (χ0v) is 40.3. The average molecular weight is 839 g/mol. The third kappa shape index (κ3) is 9.41. The molecule has 8 heteroatoms. The Hall–Kier alpha value is -3.43. The van der Waals surface area contributed by atoms with E-state index < -0.39 is 15.8 Å². The molecule has 0 radical (unpaired) electrons. The molecule has 6 rings (SSSR count). The summed E-state index contributed by atoms with van der Waals surface area (Å²) in [7, 11) is -1.39. The first kappa shape index (κ1) is 45.1. The molecule has 1 fully saturated rings. The largest absolute Gasteiger partial charge is 0.338 e. The molecule has 4 unspecified atom stereocenters. The third-order valence-electron chi connectivity index (χ3n) is 12.7. The first-order valence-electron chi connectivity index (χ1n) is 21.4. The number of aldehydes is 1. The maximum Gasteiger partial charge on any atom is 0.150 e. The van der Waals surface area contributed by atoms with E-state index in [9.17, 15) is 10.0 Å². The van der Waals surface area contributed by atoms with Gasteiger partial charge in [0.05, 0.1) is 28.7 Å². The molecular formula is C51H72N3O3S2+. The van der Waals surface area contributed by atoms with Crippen molar-refractivity contribution in [3.63, 3.8) is 0 Å². The molecule has 6 nitrogen and oxygen atoms in total. The Morgan fingerprint density at radius 2 is 1.39 bits per heavy atom. The summed E-state index contributed by atoms with van der Waals surface area (Å²) >= 11 is 0. The Balaban J connectivity index is 1.47. The quantitative estimate of drug-likeness (QED) is 0.0703. The predicted molar refractivity (Wildman–Crippen MR) is 258 cm³/mol. The number of hydrogen-bond acceptors (Lipinski definition) is 6. The molecule has 1 N–H and O–H groups in total. The highest BCUT2D eigenvalue weighted by Crippen LogP contribution is 2.56. The van der Waals surface area contributed by atoms with Gasteiger partial charge in [0.25, 0.3) is 0 Å². The van der Waals surface area contributed by atoms with Gasteiger partial charge in [0.2, 0.25) is 0 Å². The van der Waals surface area contributed by atoms with E-state index in [0.717, 1.165) is 47.4 Å². The van der Waals surface area contributed by atoms with E-state index in [1.807, 2.05) is 6.07 Å². The van der Waals surface area contributed by atoms with Crippen LogP contribution in [-0.2, 0) is 20.9 Å². The second-order valence-corrected chi connectivity index (χ2v) is 27.8. The van der Waals surface area contributed by atoms with Gasteiger partial charge in [-0.15, -0.1) is 10.3 Å². The fraction of sp³-hybridized carbons (Fsp3) is 0.510. The molecule has 4 aromatic rings. The Morgan fingerprint density at radius 3 is 1.93 bits per heavy atom. The number of nitrogens with zero attached hydrogens (tertiary/aromatic N) is 3. The highest BCUT2D eigenvalue weighted by molar-refractivity contribution is 8.29. The van der Waals surface area contributed by atoms with Crippen LogP contribution in [0.3, 0.4) is 0 Å². The van der Waals surface area contributed by atoms with Crippen LogP contribution in [0.5, 0.6) is 0 Å². The summed E-state index contributed by atoms with van der Waals surface area (Å²) < 4.78 is 7.10. The third-order valence-corrected chi connectivity index (χ3v) is 19.0. The van der Waals surface area contributed by atoms with Gasteiger partial charge in [-0.1, -0.05) is 57.5 Å². The van der Waals surface area contributed by atoms with Crippen molar-refractivity contribution in [2.75, 3.05) is 33.8 Å². The second-order valence-electron chi connectivity index (χ2n) is 21.2. The smallest absolute Gasteiger partial charge is 0.150 e. The number of carbonyl (C=O) groups excluding carboxylic acids is 1. The Labute approximate surface area is 361 Å². The summed E-state index contributed by atoms with van der Waals surface area (Å²) in [6.07, 6.45) is 11.3. The summed E-state index contributed by atoms with van der Waals surface area (Å²) in [5, 5.41) is 15.2. The zero-order chi connectivity index (χ0) is 43.5. The number of fused-ring (bicyclic) bond motifs is 3. The van der Waals surface area contributed by atoms with E-state index in [4.69, 9.17) is 4.28 Å². The fourth-order valence-electron chi connectivity index (χ4n) is 8.25. The lowest BCUT2D eigenvalue weighted by molar-refractivity contribution is 0.112. The molecular weight excluding hydrogens is 767 g/mol. The van der Waals surface area contributed by atoms with Crippen molar-refractivity contribution in [2.24, 2.45) is 0 Å². The van der Waals surface area contributed by atoms with Crippen LogP contribution in [0.1, 0.15) is 152 Å². The number of anilines is 4. The molecule has 1 heterocycles. The average Bonchev–Trinajstić information content (AvgIpc) is 3.74. The summed E-state index contributed by atoms with van der Waals surface area (Å²) in [4.78, 5) is 14.3. The minimum atomic E-state index is -1.44. The summed E-state index contributed by atoms with van der Waals surface area (Å²) in [6, 6.07) is 31.6. The summed E-state index contributed by atoms with van der Waals surface area (Å²) in [5.74, 6) is 1.27. The highest BCUT2D eigenvalue weighted by Gasteiger charge is 2.42. The molecule has 4 aromatic carbocycles. The van der Waals surface area contributed by atoms with Crippen molar-refractivity contribution in [1.82, 2.24) is 0 Å². The van der Waals surface area contributed by atoms with Gasteiger partial charge in [0, 0.05) is 45.1 Å². The molecule has 0 spiro atoms. The van der Waals surface area contributed by atoms with Crippen LogP contribution in [0.2, 0.25) is 0 Å². The molecule has 1 aliphatic carbocycles. The number of rotatable bonds is 11. The van der Waals surface area contributed by atoms with Gasteiger partial charge in [0.15, 0.2) is 0 Å². The molecule has 1 saturated carbocycles. The normalized spacial score (nSPS) is 18.6. The molecule has 0 amide bonds. The number of benzene rings is 4. The van der Waals surface area contributed by atoms with Crippen molar-refractivity contribution >= 4 is 50.2 Å². The minimum absolute atomic E-state index is 0.00798. The van der Waals surface area contributed by atoms with Crippen LogP contribution >= 0.6 is 10.3 Å². The molecule has 59 heavy (non-hydrogen) atoms. The van der Waals surface area contributed by atoms with Crippen LogP contribution < -0.4 is 15.0 Å². The van der Waals surface area contributed by atoms with Gasteiger partial charge >= 0.3 is 0 Å². The zero-order valence-electron chi connectivity index (χ0n) is 38.6. The standard InChI is InChI=1S/C51H72N3O3S2/c1-48(2,3)53(56)44-30-24-38(32-39(44)34-58(13)50(7,8)9)47(37-22-27-41(28-23-37)54(49(4,5)6)57-59(14,15)51(10,11)12)36-20-25-40(26-21-36)52-45-18-16-17-42(45)43-31-35(33-55)19-29-46(43)52/h19-33,42,45,47,56H,16-18,34H2,1-15H3/q+1. The van der Waals surface area contributed by atoms with Gasteiger partial charge in [-0.25, -0.2) is 9.35 Å². The van der Waals surface area contributed by atoms with Gasteiger partial charge in [-0.05, 0) is 175 Å². The van der Waals surface area contributed by atoms with Gasteiger partial charge in [-0.3, -0.25) is 15.1 Å². The van der Waals surface area contributed by atoms with Crippen molar-refractivity contribution in [3.05, 3.63) is 118 Å². The monoisotopic (exact) mass is 839 g/mol. The number of hydrogen-bond donors (Lipinski definition) is 1. The molecule has 4 atom stereocenters. The fourth-order valence-corrected chi connectivity index (χ4v) is 10.3. The maximum absolute atomic E-state index is 11.7. The Morgan fingerprint density at radius 1 is 0.797 bits per heavy atom. The molecule has 2 aliphatic rings. The van der Waals surface area contributed by atoms with E-state index in [0.29, 0.717) is 12.0 Å². The van der Waals surface area contributed by atoms with Crippen molar-refractivity contribution < 1.29 is 14.3 Å².